The lowest BCUT2D eigenvalue weighted by molar-refractivity contribution is 0.132. The summed E-state index contributed by atoms with van der Waals surface area (Å²) in [4.78, 5) is 5.25. The van der Waals surface area contributed by atoms with E-state index in [0.29, 0.717) is 6.61 Å². The Morgan fingerprint density at radius 2 is 2.06 bits per heavy atom. The van der Waals surface area contributed by atoms with E-state index in [4.69, 9.17) is 4.84 Å². The van der Waals surface area contributed by atoms with Crippen LogP contribution < -0.4 is 0 Å². The second-order valence-corrected chi connectivity index (χ2v) is 4.02. The molecule has 0 unspecified atom stereocenters. The summed E-state index contributed by atoms with van der Waals surface area (Å²) in [5.74, 6) is 0. The molecule has 2 rings (SSSR count). The van der Waals surface area contributed by atoms with Crippen LogP contribution >= 0.6 is 0 Å². The number of oxime groups is 1. The maximum absolute atomic E-state index is 5.25. The molecular weight excluding hydrogens is 198 g/mol. The van der Waals surface area contributed by atoms with Crippen molar-refractivity contribution < 1.29 is 4.84 Å². The Labute approximate surface area is 96.6 Å². The Hall–Kier alpha value is -1.57. The van der Waals surface area contributed by atoms with Gasteiger partial charge in [-0.3, -0.25) is 0 Å². The predicted molar refractivity (Wildman–Crippen MR) is 66.3 cm³/mol. The lowest BCUT2D eigenvalue weighted by Gasteiger charge is -2.07. The molecule has 2 nitrogen and oxygen atoms in total. The van der Waals surface area contributed by atoms with Gasteiger partial charge in [0.25, 0.3) is 0 Å². The number of hydrogen-bond donors (Lipinski definition) is 0. The van der Waals surface area contributed by atoms with Gasteiger partial charge in [0.15, 0.2) is 0 Å². The molecule has 1 aliphatic rings. The van der Waals surface area contributed by atoms with Crippen LogP contribution in [0.3, 0.4) is 0 Å². The maximum Gasteiger partial charge on any atom is 0.142 e. The van der Waals surface area contributed by atoms with Gasteiger partial charge >= 0.3 is 0 Å². The summed E-state index contributed by atoms with van der Waals surface area (Å²) in [6.45, 7) is 0.546. The van der Waals surface area contributed by atoms with Crippen LogP contribution in [-0.2, 0) is 11.4 Å². The third-order valence-corrected chi connectivity index (χ3v) is 2.69. The van der Waals surface area contributed by atoms with Crippen molar-refractivity contribution >= 4 is 6.21 Å². The van der Waals surface area contributed by atoms with Crippen molar-refractivity contribution in [1.82, 2.24) is 0 Å². The highest BCUT2D eigenvalue weighted by Crippen LogP contribution is 2.15. The number of benzene rings is 1. The van der Waals surface area contributed by atoms with Gasteiger partial charge in [-0.25, -0.2) is 0 Å². The first-order chi connectivity index (χ1) is 7.95. The van der Waals surface area contributed by atoms with E-state index in [0.717, 1.165) is 12.0 Å². The second-order valence-electron chi connectivity index (χ2n) is 4.02. The molecule has 0 fully saturated rings. The van der Waals surface area contributed by atoms with Crippen molar-refractivity contribution in [2.75, 3.05) is 0 Å². The molecule has 0 atom stereocenters. The highest BCUT2D eigenvalue weighted by Gasteiger charge is 2.00. The number of nitrogens with zero attached hydrogens (tertiary/aromatic N) is 1. The van der Waals surface area contributed by atoms with Crippen molar-refractivity contribution in [3.05, 3.63) is 47.5 Å². The highest BCUT2D eigenvalue weighted by molar-refractivity contribution is 5.78. The molecular formula is C14H17NO. The standard InChI is InChI=1S/C14H17NO/c1-3-7-13(8-4-1)11-15-16-12-14-9-5-2-6-10-14/h2,5-7,9-11H,1,3-4,8,12H2. The van der Waals surface area contributed by atoms with Crippen LogP contribution in [0, 0.1) is 0 Å². The molecule has 0 N–H and O–H groups in total. The van der Waals surface area contributed by atoms with Crippen LogP contribution in [0.4, 0.5) is 0 Å². The molecule has 0 bridgehead atoms. The van der Waals surface area contributed by atoms with Gasteiger partial charge in [-0.2, -0.15) is 0 Å². The van der Waals surface area contributed by atoms with Gasteiger partial charge in [0.2, 0.25) is 0 Å². The summed E-state index contributed by atoms with van der Waals surface area (Å²) >= 11 is 0. The summed E-state index contributed by atoms with van der Waals surface area (Å²) in [5.41, 5.74) is 2.46. The first-order valence-corrected chi connectivity index (χ1v) is 5.83. The third kappa shape index (κ3) is 3.54. The van der Waals surface area contributed by atoms with E-state index in [1.54, 1.807) is 0 Å². The fourth-order valence-electron chi connectivity index (χ4n) is 1.77. The van der Waals surface area contributed by atoms with Gasteiger partial charge in [0.1, 0.15) is 6.61 Å². The van der Waals surface area contributed by atoms with Gasteiger partial charge in [-0.15, -0.1) is 0 Å². The topological polar surface area (TPSA) is 21.6 Å². The quantitative estimate of drug-likeness (QED) is 0.554. The SMILES string of the molecule is C(=NOCc1ccccc1)C1=CCCCC1. The molecule has 1 aromatic rings. The lowest BCUT2D eigenvalue weighted by Crippen LogP contribution is -1.94. The number of allylic oxidation sites excluding steroid dienone is 2. The van der Waals surface area contributed by atoms with Crippen LogP contribution in [0.2, 0.25) is 0 Å². The molecule has 0 radical (unpaired) electrons. The van der Waals surface area contributed by atoms with E-state index >= 15 is 0 Å². The van der Waals surface area contributed by atoms with Gasteiger partial charge in [0, 0.05) is 0 Å². The van der Waals surface area contributed by atoms with Gasteiger partial charge < -0.3 is 4.84 Å². The molecule has 16 heavy (non-hydrogen) atoms. The van der Waals surface area contributed by atoms with Crippen LogP contribution in [0.1, 0.15) is 31.2 Å². The summed E-state index contributed by atoms with van der Waals surface area (Å²) < 4.78 is 0. The lowest BCUT2D eigenvalue weighted by atomic mass is 10.0. The van der Waals surface area contributed by atoms with Gasteiger partial charge in [-0.1, -0.05) is 41.6 Å². The molecule has 0 amide bonds. The van der Waals surface area contributed by atoms with Crippen molar-refractivity contribution in [3.63, 3.8) is 0 Å². The fraction of sp³-hybridized carbons (Fsp3) is 0.357. The number of hydrogen-bond acceptors (Lipinski definition) is 2. The fourth-order valence-corrected chi connectivity index (χ4v) is 1.77. The zero-order valence-corrected chi connectivity index (χ0v) is 9.43. The molecule has 2 heteroatoms. The Kier molecular flexibility index (Phi) is 4.17. The van der Waals surface area contributed by atoms with E-state index in [1.807, 2.05) is 36.5 Å². The van der Waals surface area contributed by atoms with Crippen LogP contribution in [0.25, 0.3) is 0 Å². The molecule has 84 valence electrons. The van der Waals surface area contributed by atoms with Gasteiger partial charge in [0.05, 0.1) is 6.21 Å². The maximum atomic E-state index is 5.25. The predicted octanol–water partition coefficient (Wildman–Crippen LogP) is 3.69. The molecule has 0 saturated carbocycles. The Morgan fingerprint density at radius 3 is 2.81 bits per heavy atom. The van der Waals surface area contributed by atoms with Gasteiger partial charge in [-0.05, 0) is 36.8 Å². The van der Waals surface area contributed by atoms with Crippen molar-refractivity contribution in [2.45, 2.75) is 32.3 Å². The molecule has 0 aromatic heterocycles. The smallest absolute Gasteiger partial charge is 0.142 e. The van der Waals surface area contributed by atoms with Crippen LogP contribution in [0.5, 0.6) is 0 Å². The monoisotopic (exact) mass is 215 g/mol. The molecule has 1 aromatic carbocycles. The highest BCUT2D eigenvalue weighted by atomic mass is 16.6. The summed E-state index contributed by atoms with van der Waals surface area (Å²) in [5, 5.41) is 4.00. The van der Waals surface area contributed by atoms with Crippen molar-refractivity contribution in [3.8, 4) is 0 Å². The molecule has 1 aliphatic carbocycles. The minimum Gasteiger partial charge on any atom is -0.391 e. The van der Waals surface area contributed by atoms with Crippen LogP contribution in [-0.4, -0.2) is 6.21 Å². The average Bonchev–Trinajstić information content (AvgIpc) is 2.37. The van der Waals surface area contributed by atoms with Crippen molar-refractivity contribution in [1.29, 1.82) is 0 Å². The van der Waals surface area contributed by atoms with E-state index in [-0.39, 0.29) is 0 Å². The average molecular weight is 215 g/mol. The van der Waals surface area contributed by atoms with E-state index in [9.17, 15) is 0 Å². The largest absolute Gasteiger partial charge is 0.391 e. The Morgan fingerprint density at radius 1 is 1.19 bits per heavy atom. The minimum absolute atomic E-state index is 0.546. The molecule has 0 heterocycles. The second kappa shape index (κ2) is 6.11. The molecule has 0 aliphatic heterocycles. The summed E-state index contributed by atoms with van der Waals surface area (Å²) in [7, 11) is 0. The first-order valence-electron chi connectivity index (χ1n) is 5.83. The Bertz CT molecular complexity index is 368. The van der Waals surface area contributed by atoms with E-state index in [2.05, 4.69) is 11.2 Å². The summed E-state index contributed by atoms with van der Waals surface area (Å²) in [6.07, 6.45) is 9.00. The number of rotatable bonds is 4. The van der Waals surface area contributed by atoms with E-state index in [1.165, 1.54) is 24.8 Å². The first kappa shape index (κ1) is 10.9. The van der Waals surface area contributed by atoms with Crippen molar-refractivity contribution in [2.24, 2.45) is 5.16 Å². The minimum atomic E-state index is 0.546. The van der Waals surface area contributed by atoms with E-state index < -0.39 is 0 Å². The third-order valence-electron chi connectivity index (χ3n) is 2.69. The molecule has 0 saturated heterocycles. The molecule has 0 spiro atoms. The normalized spacial score (nSPS) is 16.1. The zero-order chi connectivity index (χ0) is 11.1. The summed E-state index contributed by atoms with van der Waals surface area (Å²) in [6, 6.07) is 10.1. The zero-order valence-electron chi connectivity index (χ0n) is 9.43. The Balaban J connectivity index is 1.75. The van der Waals surface area contributed by atoms with Crippen LogP contribution in [0.15, 0.2) is 47.1 Å².